The predicted molar refractivity (Wildman–Crippen MR) is 63.8 cm³/mol. The summed E-state index contributed by atoms with van der Waals surface area (Å²) in [6, 6.07) is 3.29. The highest BCUT2D eigenvalue weighted by Gasteiger charge is 2.30. The number of halogens is 3. The summed E-state index contributed by atoms with van der Waals surface area (Å²) in [5.74, 6) is 0. The van der Waals surface area contributed by atoms with E-state index in [0.717, 1.165) is 17.7 Å². The Morgan fingerprint density at radius 3 is 2.47 bits per heavy atom. The third-order valence-corrected chi connectivity index (χ3v) is 2.18. The van der Waals surface area contributed by atoms with Crippen LogP contribution in [-0.2, 0) is 6.18 Å². The van der Waals surface area contributed by atoms with Gasteiger partial charge >= 0.3 is 6.18 Å². The zero-order chi connectivity index (χ0) is 13.1. The normalized spacial score (nSPS) is 11.1. The van der Waals surface area contributed by atoms with Crippen molar-refractivity contribution in [2.24, 2.45) is 0 Å². The lowest BCUT2D eigenvalue weighted by molar-refractivity contribution is -0.137. The van der Waals surface area contributed by atoms with Gasteiger partial charge in [0.2, 0.25) is 0 Å². The molecule has 0 bridgehead atoms. The van der Waals surface area contributed by atoms with Crippen LogP contribution in [0, 0.1) is 0 Å². The highest BCUT2D eigenvalue weighted by atomic mass is 19.4. The molecule has 0 fully saturated rings. The third kappa shape index (κ3) is 4.01. The summed E-state index contributed by atoms with van der Waals surface area (Å²) in [4.78, 5) is 0. The van der Waals surface area contributed by atoms with Crippen molar-refractivity contribution in [3.05, 3.63) is 35.4 Å². The molecular weight excluding hydrogens is 229 g/mol. The van der Waals surface area contributed by atoms with Crippen LogP contribution >= 0.6 is 0 Å². The zero-order valence-electron chi connectivity index (χ0n) is 9.73. The maximum Gasteiger partial charge on any atom is 0.416 e. The average molecular weight is 244 g/mol. The Labute approximate surface area is 98.3 Å². The summed E-state index contributed by atoms with van der Waals surface area (Å²) in [5, 5.41) is 2.95. The summed E-state index contributed by atoms with van der Waals surface area (Å²) in [7, 11) is 0. The summed E-state index contributed by atoms with van der Waals surface area (Å²) >= 11 is 0. The monoisotopic (exact) mass is 244 g/mol. The number of anilines is 2. The van der Waals surface area contributed by atoms with E-state index >= 15 is 0 Å². The van der Waals surface area contributed by atoms with E-state index < -0.39 is 11.7 Å². The Morgan fingerprint density at radius 2 is 2.00 bits per heavy atom. The maximum absolute atomic E-state index is 12.4. The molecule has 0 spiro atoms. The molecule has 5 heteroatoms. The number of hydrogen-bond acceptors (Lipinski definition) is 2. The van der Waals surface area contributed by atoms with Crippen LogP contribution < -0.4 is 11.1 Å². The number of allylic oxidation sites excluding steroid dienone is 1. The largest absolute Gasteiger partial charge is 0.416 e. The van der Waals surface area contributed by atoms with Crippen LogP contribution in [0.2, 0.25) is 0 Å². The molecular formula is C12H15F3N2. The van der Waals surface area contributed by atoms with E-state index in [9.17, 15) is 13.2 Å². The van der Waals surface area contributed by atoms with Gasteiger partial charge in [-0.3, -0.25) is 0 Å². The first-order valence-electron chi connectivity index (χ1n) is 5.14. The van der Waals surface area contributed by atoms with Gasteiger partial charge in [-0.15, -0.1) is 0 Å². The molecule has 0 amide bonds. The first-order chi connectivity index (χ1) is 7.80. The first kappa shape index (κ1) is 13.4. The van der Waals surface area contributed by atoms with Crippen LogP contribution in [-0.4, -0.2) is 6.54 Å². The molecule has 0 atom stereocenters. The standard InChI is InChI=1S/C12H15F3N2/c1-8(2)5-6-17-11-4-3-9(7-10(11)16)12(13,14)15/h3-5,7,17H,6,16H2,1-2H3. The van der Waals surface area contributed by atoms with Crippen molar-refractivity contribution >= 4 is 11.4 Å². The van der Waals surface area contributed by atoms with Gasteiger partial charge in [0.25, 0.3) is 0 Å². The van der Waals surface area contributed by atoms with Crippen molar-refractivity contribution in [2.45, 2.75) is 20.0 Å². The number of benzene rings is 1. The fourth-order valence-corrected chi connectivity index (χ4v) is 1.27. The molecule has 3 N–H and O–H groups in total. The van der Waals surface area contributed by atoms with Gasteiger partial charge in [-0.05, 0) is 32.0 Å². The number of hydrogen-bond donors (Lipinski definition) is 2. The van der Waals surface area contributed by atoms with E-state index in [0.29, 0.717) is 12.2 Å². The molecule has 0 aliphatic heterocycles. The first-order valence-corrected chi connectivity index (χ1v) is 5.14. The molecule has 17 heavy (non-hydrogen) atoms. The molecule has 0 saturated heterocycles. The molecule has 1 aromatic rings. The van der Waals surface area contributed by atoms with E-state index in [-0.39, 0.29) is 5.69 Å². The second kappa shape index (κ2) is 5.12. The van der Waals surface area contributed by atoms with E-state index in [1.165, 1.54) is 6.07 Å². The van der Waals surface area contributed by atoms with Crippen LogP contribution in [0.15, 0.2) is 29.8 Å². The minimum Gasteiger partial charge on any atom is -0.397 e. The van der Waals surface area contributed by atoms with Gasteiger partial charge in [-0.2, -0.15) is 13.2 Å². The van der Waals surface area contributed by atoms with Gasteiger partial charge in [-0.1, -0.05) is 11.6 Å². The molecule has 1 aromatic carbocycles. The Hall–Kier alpha value is -1.65. The van der Waals surface area contributed by atoms with Gasteiger partial charge in [0.1, 0.15) is 0 Å². The third-order valence-electron chi connectivity index (χ3n) is 2.18. The van der Waals surface area contributed by atoms with Gasteiger partial charge in [0, 0.05) is 6.54 Å². The van der Waals surface area contributed by atoms with Gasteiger partial charge < -0.3 is 11.1 Å². The van der Waals surface area contributed by atoms with E-state index in [1.54, 1.807) is 0 Å². The summed E-state index contributed by atoms with van der Waals surface area (Å²) in [5.41, 5.74) is 6.55. The van der Waals surface area contributed by atoms with Crippen molar-refractivity contribution in [1.82, 2.24) is 0 Å². The topological polar surface area (TPSA) is 38.0 Å². The van der Waals surface area contributed by atoms with Crippen molar-refractivity contribution < 1.29 is 13.2 Å². The van der Waals surface area contributed by atoms with Gasteiger partial charge in [0.05, 0.1) is 16.9 Å². The van der Waals surface area contributed by atoms with Gasteiger partial charge in [-0.25, -0.2) is 0 Å². The molecule has 94 valence electrons. The second-order valence-corrected chi connectivity index (χ2v) is 3.96. The maximum atomic E-state index is 12.4. The van der Waals surface area contributed by atoms with Crippen molar-refractivity contribution in [1.29, 1.82) is 0 Å². The van der Waals surface area contributed by atoms with Crippen LogP contribution in [0.3, 0.4) is 0 Å². The molecule has 0 heterocycles. The fraction of sp³-hybridized carbons (Fsp3) is 0.333. The van der Waals surface area contributed by atoms with Crippen LogP contribution in [0.5, 0.6) is 0 Å². The Morgan fingerprint density at radius 1 is 1.35 bits per heavy atom. The highest BCUT2D eigenvalue weighted by Crippen LogP contribution is 2.32. The number of nitrogen functional groups attached to an aromatic ring is 1. The summed E-state index contributed by atoms with van der Waals surface area (Å²) in [6.07, 6.45) is -2.43. The Balaban J connectivity index is 2.80. The minimum absolute atomic E-state index is 0.0991. The number of nitrogens with one attached hydrogen (secondary N) is 1. The lowest BCUT2D eigenvalue weighted by Crippen LogP contribution is -2.08. The average Bonchev–Trinajstić information content (AvgIpc) is 2.18. The summed E-state index contributed by atoms with van der Waals surface area (Å²) < 4.78 is 37.1. The van der Waals surface area contributed by atoms with Crippen LogP contribution in [0.25, 0.3) is 0 Å². The molecule has 0 radical (unpaired) electrons. The van der Waals surface area contributed by atoms with E-state index in [2.05, 4.69) is 5.32 Å². The lowest BCUT2D eigenvalue weighted by Gasteiger charge is -2.11. The quantitative estimate of drug-likeness (QED) is 0.629. The SMILES string of the molecule is CC(C)=CCNc1ccc(C(F)(F)F)cc1N. The van der Waals surface area contributed by atoms with Crippen molar-refractivity contribution in [3.8, 4) is 0 Å². The molecule has 0 unspecified atom stereocenters. The molecule has 2 nitrogen and oxygen atoms in total. The molecule has 1 rings (SSSR count). The molecule has 0 saturated carbocycles. The van der Waals surface area contributed by atoms with Crippen LogP contribution in [0.4, 0.5) is 24.5 Å². The molecule has 0 aliphatic carbocycles. The van der Waals surface area contributed by atoms with Crippen LogP contribution in [0.1, 0.15) is 19.4 Å². The van der Waals surface area contributed by atoms with E-state index in [1.807, 2.05) is 19.9 Å². The zero-order valence-corrected chi connectivity index (χ0v) is 9.73. The number of nitrogens with two attached hydrogens (primary N) is 1. The number of alkyl halides is 3. The van der Waals surface area contributed by atoms with Gasteiger partial charge in [0.15, 0.2) is 0 Å². The Kier molecular flexibility index (Phi) is 4.04. The molecule has 0 aliphatic rings. The van der Waals surface area contributed by atoms with Crippen molar-refractivity contribution in [3.63, 3.8) is 0 Å². The Bertz CT molecular complexity index is 418. The minimum atomic E-state index is -4.35. The fourth-order valence-electron chi connectivity index (χ4n) is 1.27. The number of rotatable bonds is 3. The second-order valence-electron chi connectivity index (χ2n) is 3.96. The highest BCUT2D eigenvalue weighted by molar-refractivity contribution is 5.67. The predicted octanol–water partition coefficient (Wildman–Crippen LogP) is 3.67. The molecule has 0 aromatic heterocycles. The summed E-state index contributed by atoms with van der Waals surface area (Å²) in [6.45, 7) is 4.42. The van der Waals surface area contributed by atoms with Crippen molar-refractivity contribution in [2.75, 3.05) is 17.6 Å². The van der Waals surface area contributed by atoms with E-state index in [4.69, 9.17) is 5.73 Å². The smallest absolute Gasteiger partial charge is 0.397 e. The lowest BCUT2D eigenvalue weighted by atomic mass is 10.1.